The van der Waals surface area contributed by atoms with Crippen molar-refractivity contribution in [3.8, 4) is 0 Å². The highest BCUT2D eigenvalue weighted by Crippen LogP contribution is 2.51. The first-order valence-electron chi connectivity index (χ1n) is 7.94. The number of nitrogens with zero attached hydrogens (tertiary/aromatic N) is 2. The lowest BCUT2D eigenvalue weighted by Crippen LogP contribution is -2.02. The maximum Gasteiger partial charge on any atom is 0.335 e. The van der Waals surface area contributed by atoms with Crippen LogP contribution in [-0.4, -0.2) is 20.6 Å². The minimum Gasteiger partial charge on any atom is -0.478 e. The van der Waals surface area contributed by atoms with Gasteiger partial charge in [-0.3, -0.25) is 0 Å². The fourth-order valence-electron chi connectivity index (χ4n) is 3.46. The van der Waals surface area contributed by atoms with Crippen molar-refractivity contribution < 1.29 is 9.90 Å². The molecule has 2 unspecified atom stereocenters. The van der Waals surface area contributed by atoms with Crippen molar-refractivity contribution in [2.45, 2.75) is 51.0 Å². The average molecular weight is 284 g/mol. The summed E-state index contributed by atoms with van der Waals surface area (Å²) >= 11 is 0. The Balaban J connectivity index is 1.80. The monoisotopic (exact) mass is 284 g/mol. The summed E-state index contributed by atoms with van der Waals surface area (Å²) < 4.78 is 2.42. The van der Waals surface area contributed by atoms with Gasteiger partial charge in [0.1, 0.15) is 5.82 Å². The predicted octanol–water partition coefficient (Wildman–Crippen LogP) is 3.97. The molecule has 2 fully saturated rings. The van der Waals surface area contributed by atoms with Crippen LogP contribution in [0.15, 0.2) is 18.2 Å². The van der Waals surface area contributed by atoms with Crippen LogP contribution in [0.3, 0.4) is 0 Å². The van der Waals surface area contributed by atoms with E-state index in [0.29, 0.717) is 17.5 Å². The van der Waals surface area contributed by atoms with Crippen molar-refractivity contribution >= 4 is 17.0 Å². The highest BCUT2D eigenvalue weighted by Gasteiger charge is 2.42. The van der Waals surface area contributed by atoms with Crippen LogP contribution in [0.1, 0.15) is 67.2 Å². The van der Waals surface area contributed by atoms with Gasteiger partial charge >= 0.3 is 5.97 Å². The lowest BCUT2D eigenvalue weighted by molar-refractivity contribution is 0.0697. The first-order chi connectivity index (χ1) is 10.2. The summed E-state index contributed by atoms with van der Waals surface area (Å²) in [6, 6.07) is 5.95. The molecule has 0 bridgehead atoms. The Bertz CT molecular complexity index is 715. The highest BCUT2D eigenvalue weighted by molar-refractivity contribution is 5.92. The molecule has 2 saturated carbocycles. The summed E-state index contributed by atoms with van der Waals surface area (Å²) in [5.74, 6) is 1.68. The van der Waals surface area contributed by atoms with Gasteiger partial charge in [0.15, 0.2) is 0 Å². The number of carboxylic acids is 1. The molecule has 2 aromatic rings. The Labute approximate surface area is 123 Å². The van der Waals surface area contributed by atoms with E-state index in [0.717, 1.165) is 17.0 Å². The first-order valence-corrected chi connectivity index (χ1v) is 7.94. The third-order valence-electron chi connectivity index (χ3n) is 4.78. The molecule has 1 heterocycles. The molecule has 110 valence electrons. The maximum atomic E-state index is 11.1. The fourth-order valence-corrected chi connectivity index (χ4v) is 3.46. The van der Waals surface area contributed by atoms with E-state index in [1.54, 1.807) is 12.1 Å². The summed E-state index contributed by atoms with van der Waals surface area (Å²) in [5.41, 5.74) is 2.29. The summed E-state index contributed by atoms with van der Waals surface area (Å²) in [6.07, 6.45) is 6.21. The van der Waals surface area contributed by atoms with Crippen LogP contribution in [0.2, 0.25) is 0 Å². The Kier molecular flexibility index (Phi) is 2.81. The van der Waals surface area contributed by atoms with Crippen molar-refractivity contribution in [3.63, 3.8) is 0 Å². The number of imidazole rings is 1. The molecular weight excluding hydrogens is 264 g/mol. The van der Waals surface area contributed by atoms with Crippen LogP contribution in [0.4, 0.5) is 0 Å². The van der Waals surface area contributed by atoms with Gasteiger partial charge in [0.2, 0.25) is 0 Å². The molecule has 0 aliphatic heterocycles. The third-order valence-corrected chi connectivity index (χ3v) is 4.78. The molecule has 0 amide bonds. The zero-order valence-electron chi connectivity index (χ0n) is 12.2. The number of carbonyl (C=O) groups is 1. The molecule has 1 aromatic carbocycles. The zero-order chi connectivity index (χ0) is 14.6. The summed E-state index contributed by atoms with van der Waals surface area (Å²) in [4.78, 5) is 15.9. The topological polar surface area (TPSA) is 55.1 Å². The minimum atomic E-state index is -0.880. The molecular formula is C17H20N2O2. The van der Waals surface area contributed by atoms with Gasteiger partial charge in [0, 0.05) is 12.0 Å². The SMILES string of the molecule is CCCC1CC1n1c(C2CC2)nc2cc(C(=O)O)ccc21. The van der Waals surface area contributed by atoms with E-state index in [-0.39, 0.29) is 0 Å². The van der Waals surface area contributed by atoms with E-state index in [1.165, 1.54) is 37.9 Å². The predicted molar refractivity (Wildman–Crippen MR) is 80.7 cm³/mol. The fraction of sp³-hybridized carbons (Fsp3) is 0.529. The molecule has 2 atom stereocenters. The van der Waals surface area contributed by atoms with Gasteiger partial charge in [-0.25, -0.2) is 9.78 Å². The number of aromatic nitrogens is 2. The number of aromatic carboxylic acids is 1. The number of carboxylic acid groups (broad SMARTS) is 1. The first kappa shape index (κ1) is 12.9. The van der Waals surface area contributed by atoms with Crippen LogP contribution in [0.25, 0.3) is 11.0 Å². The molecule has 4 rings (SSSR count). The molecule has 0 saturated heterocycles. The molecule has 0 spiro atoms. The van der Waals surface area contributed by atoms with Crippen LogP contribution < -0.4 is 0 Å². The van der Waals surface area contributed by atoms with Gasteiger partial charge in [-0.2, -0.15) is 0 Å². The lowest BCUT2D eigenvalue weighted by atomic mass is 10.2. The van der Waals surface area contributed by atoms with Crippen molar-refractivity contribution in [2.24, 2.45) is 5.92 Å². The van der Waals surface area contributed by atoms with Crippen molar-refractivity contribution in [2.75, 3.05) is 0 Å². The summed E-state index contributed by atoms with van der Waals surface area (Å²) in [7, 11) is 0. The van der Waals surface area contributed by atoms with Gasteiger partial charge < -0.3 is 9.67 Å². The lowest BCUT2D eigenvalue weighted by Gasteiger charge is -2.08. The second-order valence-electron chi connectivity index (χ2n) is 6.47. The van der Waals surface area contributed by atoms with Gasteiger partial charge in [-0.05, 0) is 49.8 Å². The molecule has 1 N–H and O–H groups in total. The number of fused-ring (bicyclic) bond motifs is 1. The van der Waals surface area contributed by atoms with E-state index in [1.807, 2.05) is 6.07 Å². The van der Waals surface area contributed by atoms with Crippen molar-refractivity contribution in [1.29, 1.82) is 0 Å². The molecule has 2 aliphatic rings. The molecule has 4 heteroatoms. The smallest absolute Gasteiger partial charge is 0.335 e. The highest BCUT2D eigenvalue weighted by atomic mass is 16.4. The molecule has 4 nitrogen and oxygen atoms in total. The molecule has 21 heavy (non-hydrogen) atoms. The van der Waals surface area contributed by atoms with Gasteiger partial charge in [0.25, 0.3) is 0 Å². The van der Waals surface area contributed by atoms with Crippen LogP contribution in [0.5, 0.6) is 0 Å². The number of rotatable bonds is 5. The van der Waals surface area contributed by atoms with E-state index in [4.69, 9.17) is 10.1 Å². The number of benzene rings is 1. The standard InChI is InChI=1S/C17H20N2O2/c1-2-3-11-9-15(11)19-14-7-6-12(17(20)21)8-13(14)18-16(19)10-4-5-10/h6-8,10-11,15H,2-5,9H2,1H3,(H,20,21). The van der Waals surface area contributed by atoms with Gasteiger partial charge in [-0.15, -0.1) is 0 Å². The average Bonchev–Trinajstić information content (AvgIpc) is 3.37. The van der Waals surface area contributed by atoms with Crippen molar-refractivity contribution in [3.05, 3.63) is 29.6 Å². The number of hydrogen-bond acceptors (Lipinski definition) is 2. The molecule has 2 aliphatic carbocycles. The zero-order valence-corrected chi connectivity index (χ0v) is 12.2. The Morgan fingerprint density at radius 3 is 2.90 bits per heavy atom. The minimum absolute atomic E-state index is 0.329. The molecule has 1 aromatic heterocycles. The van der Waals surface area contributed by atoms with E-state index in [9.17, 15) is 4.79 Å². The third kappa shape index (κ3) is 2.13. The maximum absolute atomic E-state index is 11.1. The second-order valence-corrected chi connectivity index (χ2v) is 6.47. The summed E-state index contributed by atoms with van der Waals surface area (Å²) in [5, 5.41) is 9.14. The van der Waals surface area contributed by atoms with E-state index >= 15 is 0 Å². The Morgan fingerprint density at radius 2 is 2.24 bits per heavy atom. The van der Waals surface area contributed by atoms with E-state index < -0.39 is 5.97 Å². The quantitative estimate of drug-likeness (QED) is 0.903. The Morgan fingerprint density at radius 1 is 1.43 bits per heavy atom. The Hall–Kier alpha value is -1.84. The summed E-state index contributed by atoms with van der Waals surface area (Å²) in [6.45, 7) is 2.24. The van der Waals surface area contributed by atoms with Crippen LogP contribution >= 0.6 is 0 Å². The largest absolute Gasteiger partial charge is 0.478 e. The van der Waals surface area contributed by atoms with E-state index in [2.05, 4.69) is 11.5 Å². The second kappa shape index (κ2) is 4.58. The van der Waals surface area contributed by atoms with Crippen molar-refractivity contribution in [1.82, 2.24) is 9.55 Å². The normalized spacial score (nSPS) is 24.4. The van der Waals surface area contributed by atoms with Crippen LogP contribution in [0, 0.1) is 5.92 Å². The molecule has 0 radical (unpaired) electrons. The number of hydrogen-bond donors (Lipinski definition) is 1. The van der Waals surface area contributed by atoms with Crippen LogP contribution in [-0.2, 0) is 0 Å². The van der Waals surface area contributed by atoms with Gasteiger partial charge in [-0.1, -0.05) is 13.3 Å². The van der Waals surface area contributed by atoms with Gasteiger partial charge in [0.05, 0.1) is 16.6 Å².